The van der Waals surface area contributed by atoms with E-state index in [9.17, 15) is 14.7 Å². The highest BCUT2D eigenvalue weighted by atomic mass is 16.4. The van der Waals surface area contributed by atoms with Crippen LogP contribution in [0.4, 0.5) is 5.69 Å². The van der Waals surface area contributed by atoms with E-state index < -0.39 is 12.0 Å². The average molecular weight is 222 g/mol. The number of carboxylic acid groups (broad SMARTS) is 1. The fourth-order valence-electron chi connectivity index (χ4n) is 1.16. The maximum atomic E-state index is 11.4. The predicted octanol–water partition coefficient (Wildman–Crippen LogP) is -1.32. The van der Waals surface area contributed by atoms with Crippen LogP contribution < -0.4 is 16.2 Å². The van der Waals surface area contributed by atoms with Gasteiger partial charge in [0, 0.05) is 5.69 Å². The molecule has 1 unspecified atom stereocenters. The van der Waals surface area contributed by atoms with Crippen LogP contribution in [-0.2, 0) is 9.59 Å². The lowest BCUT2D eigenvalue weighted by atomic mass is 10.2. The molecule has 1 aromatic rings. The first-order valence-electron chi connectivity index (χ1n) is 4.89. The van der Waals surface area contributed by atoms with Crippen molar-refractivity contribution >= 4 is 17.6 Å². The third kappa shape index (κ3) is 3.70. The van der Waals surface area contributed by atoms with Crippen molar-refractivity contribution in [2.45, 2.75) is 19.4 Å². The van der Waals surface area contributed by atoms with Crippen LogP contribution in [0, 0.1) is 6.92 Å². The van der Waals surface area contributed by atoms with Crippen LogP contribution in [0.5, 0.6) is 0 Å². The van der Waals surface area contributed by atoms with Crippen molar-refractivity contribution in [3.8, 4) is 0 Å². The van der Waals surface area contributed by atoms with E-state index in [2.05, 4.69) is 11.1 Å². The number of rotatable bonds is 4. The summed E-state index contributed by atoms with van der Waals surface area (Å²) in [6, 6.07) is 6.20. The van der Waals surface area contributed by atoms with Crippen molar-refractivity contribution in [3.63, 3.8) is 0 Å². The number of amides is 1. The molecule has 1 aromatic carbocycles. The molecule has 0 aliphatic carbocycles. The van der Waals surface area contributed by atoms with Crippen molar-refractivity contribution in [1.29, 1.82) is 0 Å². The first kappa shape index (κ1) is 12.2. The Balaban J connectivity index is 2.52. The highest BCUT2D eigenvalue weighted by molar-refractivity contribution is 5.93. The summed E-state index contributed by atoms with van der Waals surface area (Å²) in [4.78, 5) is 21.7. The first-order valence-corrected chi connectivity index (χ1v) is 4.89. The van der Waals surface area contributed by atoms with Gasteiger partial charge in [0.05, 0.1) is 12.4 Å². The second-order valence-electron chi connectivity index (χ2n) is 3.63. The van der Waals surface area contributed by atoms with Crippen molar-refractivity contribution in [2.75, 3.05) is 5.32 Å². The molecule has 1 rings (SSSR count). The Bertz CT molecular complexity index is 387. The van der Waals surface area contributed by atoms with E-state index in [0.29, 0.717) is 5.69 Å². The molecule has 0 heterocycles. The van der Waals surface area contributed by atoms with Crippen LogP contribution in [0.3, 0.4) is 0 Å². The van der Waals surface area contributed by atoms with Gasteiger partial charge in [-0.2, -0.15) is 0 Å². The van der Waals surface area contributed by atoms with E-state index in [1.165, 1.54) is 0 Å². The molecule has 0 fully saturated rings. The summed E-state index contributed by atoms with van der Waals surface area (Å²) in [5.41, 5.74) is 5.04. The minimum Gasteiger partial charge on any atom is -0.544 e. The standard InChI is InChI=1S/C11H14N2O3/c1-7-2-4-8(5-3-7)13-10(14)6-9(12)11(15)16/h2-5,9H,6,12H2,1H3,(H,13,14)(H,15,16). The summed E-state index contributed by atoms with van der Waals surface area (Å²) in [6.45, 7) is 1.94. The van der Waals surface area contributed by atoms with Crippen LogP contribution in [0.25, 0.3) is 0 Å². The molecule has 0 aliphatic heterocycles. The lowest BCUT2D eigenvalue weighted by molar-refractivity contribution is -0.436. The van der Waals surface area contributed by atoms with E-state index in [4.69, 9.17) is 0 Å². The van der Waals surface area contributed by atoms with Crippen molar-refractivity contribution < 1.29 is 20.4 Å². The third-order valence-electron chi connectivity index (χ3n) is 2.10. The normalized spacial score (nSPS) is 11.9. The highest BCUT2D eigenvalue weighted by Gasteiger charge is 2.13. The largest absolute Gasteiger partial charge is 0.544 e. The van der Waals surface area contributed by atoms with Crippen LogP contribution in [0.2, 0.25) is 0 Å². The molecule has 86 valence electrons. The molecule has 5 nitrogen and oxygen atoms in total. The molecule has 0 aromatic heterocycles. The lowest BCUT2D eigenvalue weighted by Gasteiger charge is -2.09. The van der Waals surface area contributed by atoms with E-state index in [-0.39, 0.29) is 12.3 Å². The predicted molar refractivity (Wildman–Crippen MR) is 56.1 cm³/mol. The summed E-state index contributed by atoms with van der Waals surface area (Å²) >= 11 is 0. The molecular formula is C11H14N2O3. The van der Waals surface area contributed by atoms with Gasteiger partial charge in [-0.15, -0.1) is 0 Å². The fourth-order valence-corrected chi connectivity index (χ4v) is 1.16. The van der Waals surface area contributed by atoms with Crippen LogP contribution in [0.15, 0.2) is 24.3 Å². The van der Waals surface area contributed by atoms with E-state index in [0.717, 1.165) is 5.56 Å². The van der Waals surface area contributed by atoms with Crippen molar-refractivity contribution in [2.24, 2.45) is 0 Å². The van der Waals surface area contributed by atoms with Crippen LogP contribution >= 0.6 is 0 Å². The second-order valence-corrected chi connectivity index (χ2v) is 3.63. The van der Waals surface area contributed by atoms with Crippen LogP contribution in [0.1, 0.15) is 12.0 Å². The molecule has 0 radical (unpaired) electrons. The molecule has 0 saturated carbocycles. The summed E-state index contributed by atoms with van der Waals surface area (Å²) < 4.78 is 0. The Morgan fingerprint density at radius 1 is 1.38 bits per heavy atom. The molecule has 0 bridgehead atoms. The average Bonchev–Trinajstić information content (AvgIpc) is 2.21. The van der Waals surface area contributed by atoms with Gasteiger partial charge in [0.1, 0.15) is 6.04 Å². The lowest BCUT2D eigenvalue weighted by Crippen LogP contribution is -2.69. The molecule has 5 heteroatoms. The maximum Gasteiger partial charge on any atom is 0.230 e. The van der Waals surface area contributed by atoms with Gasteiger partial charge in [-0.1, -0.05) is 17.7 Å². The monoisotopic (exact) mass is 222 g/mol. The van der Waals surface area contributed by atoms with Crippen molar-refractivity contribution in [1.82, 2.24) is 0 Å². The third-order valence-corrected chi connectivity index (χ3v) is 2.10. The zero-order valence-corrected chi connectivity index (χ0v) is 9.03. The summed E-state index contributed by atoms with van der Waals surface area (Å²) in [5.74, 6) is -1.70. The Labute approximate surface area is 93.3 Å². The van der Waals surface area contributed by atoms with Gasteiger partial charge >= 0.3 is 0 Å². The van der Waals surface area contributed by atoms with Gasteiger partial charge in [0.2, 0.25) is 5.91 Å². The molecule has 4 N–H and O–H groups in total. The van der Waals surface area contributed by atoms with Gasteiger partial charge in [0.25, 0.3) is 0 Å². The Hall–Kier alpha value is -1.88. The number of hydrogen-bond donors (Lipinski definition) is 2. The Morgan fingerprint density at radius 3 is 2.44 bits per heavy atom. The van der Waals surface area contributed by atoms with Gasteiger partial charge < -0.3 is 21.0 Å². The number of aryl methyl sites for hydroxylation is 1. The minimum atomic E-state index is -1.32. The Kier molecular flexibility index (Phi) is 4.02. The SMILES string of the molecule is Cc1ccc(NC(=O)CC([NH3+])C(=O)[O-])cc1. The number of benzene rings is 1. The number of carboxylic acids is 1. The zero-order chi connectivity index (χ0) is 12.1. The quantitative estimate of drug-likeness (QED) is 0.661. The number of aliphatic carboxylic acids is 1. The Morgan fingerprint density at radius 2 is 1.94 bits per heavy atom. The first-order chi connectivity index (χ1) is 7.49. The minimum absolute atomic E-state index is 0.184. The highest BCUT2D eigenvalue weighted by Crippen LogP contribution is 2.08. The zero-order valence-electron chi connectivity index (χ0n) is 9.03. The summed E-state index contributed by atoms with van der Waals surface area (Å²) in [7, 11) is 0. The molecule has 1 amide bonds. The number of carbonyl (C=O) groups is 2. The van der Waals surface area contributed by atoms with Crippen molar-refractivity contribution in [3.05, 3.63) is 29.8 Å². The fraction of sp³-hybridized carbons (Fsp3) is 0.273. The maximum absolute atomic E-state index is 11.4. The van der Waals surface area contributed by atoms with E-state index >= 15 is 0 Å². The van der Waals surface area contributed by atoms with Gasteiger partial charge in [-0.25, -0.2) is 0 Å². The number of nitrogens with one attached hydrogen (secondary N) is 1. The number of carbonyl (C=O) groups excluding carboxylic acids is 2. The number of quaternary nitrogens is 1. The second kappa shape index (κ2) is 5.27. The summed E-state index contributed by atoms with van der Waals surface area (Å²) in [5, 5.41) is 13.0. The van der Waals surface area contributed by atoms with Gasteiger partial charge in [-0.05, 0) is 19.1 Å². The molecule has 0 saturated heterocycles. The molecule has 0 aliphatic rings. The van der Waals surface area contributed by atoms with Gasteiger partial charge in [0.15, 0.2) is 0 Å². The van der Waals surface area contributed by atoms with Crippen LogP contribution in [-0.4, -0.2) is 17.9 Å². The topological polar surface area (TPSA) is 96.9 Å². The summed E-state index contributed by atoms with van der Waals surface area (Å²) in [6.07, 6.45) is -0.184. The molecule has 0 spiro atoms. The number of anilines is 1. The van der Waals surface area contributed by atoms with E-state index in [1.807, 2.05) is 19.1 Å². The molecular weight excluding hydrogens is 208 g/mol. The molecule has 16 heavy (non-hydrogen) atoms. The smallest absolute Gasteiger partial charge is 0.230 e. The van der Waals surface area contributed by atoms with E-state index in [1.54, 1.807) is 12.1 Å². The molecule has 1 atom stereocenters. The van der Waals surface area contributed by atoms with Gasteiger partial charge in [-0.3, -0.25) is 4.79 Å². The number of hydrogen-bond acceptors (Lipinski definition) is 3.